The normalized spacial score (nSPS) is 15.3. The minimum Gasteiger partial charge on any atom is -0.485 e. The van der Waals surface area contributed by atoms with Gasteiger partial charge in [0.05, 0.1) is 15.8 Å². The number of aromatic nitrogens is 3. The summed E-state index contributed by atoms with van der Waals surface area (Å²) in [6.07, 6.45) is 0.882. The molecule has 2 aromatic heterocycles. The Hall–Kier alpha value is -2.49. The van der Waals surface area contributed by atoms with Gasteiger partial charge in [-0.15, -0.1) is 10.2 Å². The Morgan fingerprint density at radius 1 is 1.25 bits per heavy atom. The molecule has 8 nitrogen and oxygen atoms in total. The van der Waals surface area contributed by atoms with E-state index in [9.17, 15) is 4.79 Å². The molecule has 1 amide bonds. The van der Waals surface area contributed by atoms with Gasteiger partial charge < -0.3 is 19.2 Å². The molecule has 144 valence electrons. The number of anilines is 1. The molecule has 3 heterocycles. The van der Waals surface area contributed by atoms with E-state index >= 15 is 0 Å². The second kappa shape index (κ2) is 8.26. The van der Waals surface area contributed by atoms with Crippen molar-refractivity contribution in [3.8, 4) is 11.5 Å². The Kier molecular flexibility index (Phi) is 5.56. The number of hydrogen-bond donors (Lipinski definition) is 1. The van der Waals surface area contributed by atoms with E-state index in [4.69, 9.17) is 37.1 Å². The zero-order valence-corrected chi connectivity index (χ0v) is 16.4. The highest BCUT2D eigenvalue weighted by atomic mass is 35.5. The predicted molar refractivity (Wildman–Crippen MR) is 103 cm³/mol. The van der Waals surface area contributed by atoms with E-state index in [0.29, 0.717) is 16.5 Å². The second-order valence-corrected chi connectivity index (χ2v) is 7.36. The number of rotatable bonds is 5. The molecule has 1 N–H and O–H groups in total. The van der Waals surface area contributed by atoms with Gasteiger partial charge in [-0.2, -0.15) is 0 Å². The van der Waals surface area contributed by atoms with E-state index in [0.717, 1.165) is 11.8 Å². The highest BCUT2D eigenvalue weighted by molar-refractivity contribution is 7.99. The number of thioether (sulfide) groups is 1. The summed E-state index contributed by atoms with van der Waals surface area (Å²) in [7, 11) is 0. The highest BCUT2D eigenvalue weighted by Gasteiger charge is 2.27. The third-order valence-corrected chi connectivity index (χ3v) is 4.91. The number of hydrogen-bond acceptors (Lipinski definition) is 8. The summed E-state index contributed by atoms with van der Waals surface area (Å²) in [4.78, 5) is 16.0. The summed E-state index contributed by atoms with van der Waals surface area (Å²) in [6, 6.07) is 8.82. The number of pyridine rings is 1. The van der Waals surface area contributed by atoms with Gasteiger partial charge in [0, 0.05) is 6.20 Å². The summed E-state index contributed by atoms with van der Waals surface area (Å²) in [5.74, 6) is 1.49. The van der Waals surface area contributed by atoms with Gasteiger partial charge in [0.2, 0.25) is 12.0 Å². The van der Waals surface area contributed by atoms with Gasteiger partial charge in [-0.1, -0.05) is 47.1 Å². The molecule has 0 unspecified atom stereocenters. The average molecular weight is 439 g/mol. The SMILES string of the molecule is O=C(CSc1nnc([C@H]2COc3ccccc3O2)o1)Nc1ncc(Cl)cc1Cl. The van der Waals surface area contributed by atoms with Crippen LogP contribution in [0.5, 0.6) is 11.5 Å². The number of halogens is 2. The predicted octanol–water partition coefficient (Wildman–Crippen LogP) is 4.01. The lowest BCUT2D eigenvalue weighted by Gasteiger charge is -2.23. The van der Waals surface area contributed by atoms with Crippen molar-refractivity contribution in [1.82, 2.24) is 15.2 Å². The maximum absolute atomic E-state index is 12.1. The fourth-order valence-corrected chi connectivity index (χ4v) is 3.35. The molecule has 0 saturated heterocycles. The van der Waals surface area contributed by atoms with Crippen molar-refractivity contribution in [1.29, 1.82) is 0 Å². The maximum Gasteiger partial charge on any atom is 0.277 e. The van der Waals surface area contributed by atoms with E-state index in [1.807, 2.05) is 18.2 Å². The largest absolute Gasteiger partial charge is 0.485 e. The van der Waals surface area contributed by atoms with Crippen LogP contribution < -0.4 is 14.8 Å². The third-order valence-electron chi connectivity index (χ3n) is 3.60. The van der Waals surface area contributed by atoms with Gasteiger partial charge >= 0.3 is 0 Å². The summed E-state index contributed by atoms with van der Waals surface area (Å²) in [5.41, 5.74) is 0. The summed E-state index contributed by atoms with van der Waals surface area (Å²) in [5, 5.41) is 11.4. The molecule has 4 rings (SSSR count). The Balaban J connectivity index is 1.33. The Labute approximate surface area is 173 Å². The van der Waals surface area contributed by atoms with E-state index in [-0.39, 0.29) is 40.2 Å². The molecule has 0 saturated carbocycles. The minimum atomic E-state index is -0.511. The number of nitrogens with one attached hydrogen (secondary N) is 1. The van der Waals surface area contributed by atoms with Gasteiger partial charge in [0.1, 0.15) is 6.61 Å². The first kappa shape index (κ1) is 18.9. The third kappa shape index (κ3) is 4.32. The molecule has 0 aliphatic carbocycles. The molecule has 3 aromatic rings. The molecule has 1 aromatic carbocycles. The van der Waals surface area contributed by atoms with E-state index in [1.165, 1.54) is 12.3 Å². The number of benzene rings is 1. The quantitative estimate of drug-likeness (QED) is 0.596. The van der Waals surface area contributed by atoms with Crippen LogP contribution in [0.1, 0.15) is 12.0 Å². The zero-order chi connectivity index (χ0) is 19.5. The van der Waals surface area contributed by atoms with Crippen LogP contribution in [0.2, 0.25) is 10.0 Å². The lowest BCUT2D eigenvalue weighted by atomic mass is 10.2. The van der Waals surface area contributed by atoms with E-state index in [2.05, 4.69) is 20.5 Å². The number of para-hydroxylation sites is 2. The van der Waals surface area contributed by atoms with Crippen molar-refractivity contribution in [2.75, 3.05) is 17.7 Å². The van der Waals surface area contributed by atoms with Crippen LogP contribution >= 0.6 is 35.0 Å². The molecule has 28 heavy (non-hydrogen) atoms. The van der Waals surface area contributed by atoms with E-state index < -0.39 is 6.10 Å². The first-order valence-corrected chi connectivity index (χ1v) is 9.78. The molecule has 0 radical (unpaired) electrons. The number of fused-ring (bicyclic) bond motifs is 1. The van der Waals surface area contributed by atoms with Crippen molar-refractivity contribution in [3.05, 3.63) is 52.5 Å². The maximum atomic E-state index is 12.1. The van der Waals surface area contributed by atoms with Crippen molar-refractivity contribution in [2.45, 2.75) is 11.3 Å². The van der Waals surface area contributed by atoms with Crippen LogP contribution in [0.3, 0.4) is 0 Å². The molecule has 0 spiro atoms. The summed E-state index contributed by atoms with van der Waals surface area (Å²) in [6.45, 7) is 0.254. The van der Waals surface area contributed by atoms with E-state index in [1.54, 1.807) is 6.07 Å². The Morgan fingerprint density at radius 3 is 2.89 bits per heavy atom. The van der Waals surface area contributed by atoms with Crippen molar-refractivity contribution < 1.29 is 18.7 Å². The molecule has 11 heteroatoms. The van der Waals surface area contributed by atoms with Crippen molar-refractivity contribution >= 4 is 46.7 Å². The average Bonchev–Trinajstić information content (AvgIpc) is 3.17. The minimum absolute atomic E-state index is 0.0348. The fraction of sp³-hybridized carbons (Fsp3) is 0.176. The number of ether oxygens (including phenoxy) is 2. The molecular formula is C17H12Cl2N4O4S. The number of carbonyl (C=O) groups excluding carboxylic acids is 1. The topological polar surface area (TPSA) is 99.4 Å². The van der Waals surface area contributed by atoms with Crippen LogP contribution in [0.4, 0.5) is 5.82 Å². The molecule has 1 aliphatic heterocycles. The van der Waals surface area contributed by atoms with Crippen LogP contribution in [-0.4, -0.2) is 33.4 Å². The zero-order valence-electron chi connectivity index (χ0n) is 14.1. The van der Waals surface area contributed by atoms with Crippen LogP contribution in [-0.2, 0) is 4.79 Å². The molecule has 1 atom stereocenters. The highest BCUT2D eigenvalue weighted by Crippen LogP contribution is 2.36. The molecule has 0 bridgehead atoms. The van der Waals surface area contributed by atoms with Crippen molar-refractivity contribution in [2.24, 2.45) is 0 Å². The van der Waals surface area contributed by atoms with Gasteiger partial charge in [0.15, 0.2) is 17.3 Å². The molecule has 0 fully saturated rings. The summed E-state index contributed by atoms with van der Waals surface area (Å²) >= 11 is 12.8. The number of carbonyl (C=O) groups is 1. The fourth-order valence-electron chi connectivity index (χ4n) is 2.35. The van der Waals surface area contributed by atoms with Crippen LogP contribution in [0.15, 0.2) is 46.2 Å². The van der Waals surface area contributed by atoms with Crippen molar-refractivity contribution in [3.63, 3.8) is 0 Å². The number of nitrogens with zero attached hydrogens (tertiary/aromatic N) is 3. The van der Waals surface area contributed by atoms with Gasteiger partial charge in [0.25, 0.3) is 11.1 Å². The Bertz CT molecular complexity index is 1020. The first-order chi connectivity index (χ1) is 13.6. The summed E-state index contributed by atoms with van der Waals surface area (Å²) < 4.78 is 17.0. The lowest BCUT2D eigenvalue weighted by Crippen LogP contribution is -2.21. The monoisotopic (exact) mass is 438 g/mol. The lowest BCUT2D eigenvalue weighted by molar-refractivity contribution is -0.113. The number of amides is 1. The van der Waals surface area contributed by atoms with Gasteiger partial charge in [-0.05, 0) is 18.2 Å². The van der Waals surface area contributed by atoms with Gasteiger partial charge in [-0.25, -0.2) is 4.98 Å². The second-order valence-electron chi connectivity index (χ2n) is 5.59. The first-order valence-electron chi connectivity index (χ1n) is 8.04. The van der Waals surface area contributed by atoms with Crippen LogP contribution in [0.25, 0.3) is 0 Å². The standard InChI is InChI=1S/C17H12Cl2N4O4S/c18-9-5-10(19)15(20-6-9)21-14(24)8-28-17-23-22-16(27-17)13-7-25-11-3-1-2-4-12(11)26-13/h1-6,13H,7-8H2,(H,20,21,24)/t13-/m1/s1. The Morgan fingerprint density at radius 2 is 2.07 bits per heavy atom. The van der Waals surface area contributed by atoms with Crippen LogP contribution in [0, 0.1) is 0 Å². The van der Waals surface area contributed by atoms with Gasteiger partial charge in [-0.3, -0.25) is 4.79 Å². The smallest absolute Gasteiger partial charge is 0.277 e. The molecule has 1 aliphatic rings. The molecular weight excluding hydrogens is 427 g/mol.